The van der Waals surface area contributed by atoms with Crippen molar-refractivity contribution in [2.75, 3.05) is 39.4 Å². The Labute approximate surface area is 209 Å². The first-order valence-electron chi connectivity index (χ1n) is 12.3. The molecular weight excluding hydrogens is 470 g/mol. The Morgan fingerprint density at radius 1 is 0.972 bits per heavy atom. The summed E-state index contributed by atoms with van der Waals surface area (Å²) in [5.41, 5.74) is 0.597. The molecule has 0 saturated carbocycles. The lowest BCUT2D eigenvalue weighted by molar-refractivity contribution is -0.145. The third kappa shape index (κ3) is 5.90. The van der Waals surface area contributed by atoms with Crippen molar-refractivity contribution in [1.29, 1.82) is 0 Å². The highest BCUT2D eigenvalue weighted by atomic mass is 19.1. The van der Waals surface area contributed by atoms with Crippen molar-refractivity contribution in [3.8, 4) is 5.75 Å². The van der Waals surface area contributed by atoms with Gasteiger partial charge in [-0.25, -0.2) is 8.78 Å². The van der Waals surface area contributed by atoms with Gasteiger partial charge in [0.05, 0.1) is 13.2 Å². The molecule has 0 aliphatic carbocycles. The number of nitrogens with zero attached hydrogens (tertiary/aromatic N) is 2. The predicted octanol–water partition coefficient (Wildman–Crippen LogP) is 3.72. The van der Waals surface area contributed by atoms with Crippen molar-refractivity contribution >= 4 is 17.6 Å². The lowest BCUT2D eigenvalue weighted by atomic mass is 9.94. The van der Waals surface area contributed by atoms with E-state index in [0.29, 0.717) is 44.6 Å². The minimum absolute atomic E-state index is 0.00472. The zero-order valence-electron chi connectivity index (χ0n) is 20.3. The van der Waals surface area contributed by atoms with Crippen molar-refractivity contribution < 1.29 is 32.6 Å². The Hall–Kier alpha value is -3.33. The number of benzene rings is 2. The second-order valence-electron chi connectivity index (χ2n) is 9.07. The fourth-order valence-corrected chi connectivity index (χ4v) is 4.61. The smallest absolute Gasteiger partial charge is 0.253 e. The molecule has 9 heteroatoms. The average Bonchev–Trinajstić information content (AvgIpc) is 2.92. The van der Waals surface area contributed by atoms with Crippen LogP contribution in [-0.2, 0) is 9.53 Å². The van der Waals surface area contributed by atoms with Gasteiger partial charge in [-0.3, -0.25) is 14.4 Å². The number of amides is 2. The van der Waals surface area contributed by atoms with Crippen LogP contribution in [0.4, 0.5) is 8.78 Å². The second kappa shape index (κ2) is 11.6. The van der Waals surface area contributed by atoms with Crippen LogP contribution in [0.3, 0.4) is 0 Å². The largest absolute Gasteiger partial charge is 0.485 e. The van der Waals surface area contributed by atoms with E-state index < -0.39 is 23.5 Å². The summed E-state index contributed by atoms with van der Waals surface area (Å²) in [6.07, 6.45) is 0.754. The molecule has 192 valence electrons. The van der Waals surface area contributed by atoms with Gasteiger partial charge in [0.2, 0.25) is 5.91 Å². The molecule has 2 heterocycles. The van der Waals surface area contributed by atoms with Gasteiger partial charge >= 0.3 is 0 Å². The molecule has 0 radical (unpaired) electrons. The number of carbonyl (C=O) groups is 3. The van der Waals surface area contributed by atoms with Crippen LogP contribution in [0, 0.1) is 17.6 Å². The van der Waals surface area contributed by atoms with Gasteiger partial charge in [-0.2, -0.15) is 0 Å². The molecule has 2 amide bonds. The third-order valence-corrected chi connectivity index (χ3v) is 6.66. The van der Waals surface area contributed by atoms with E-state index in [1.807, 2.05) is 18.2 Å². The lowest BCUT2D eigenvalue weighted by Crippen LogP contribution is -2.51. The van der Waals surface area contributed by atoms with E-state index in [4.69, 9.17) is 9.47 Å². The first-order valence-corrected chi connectivity index (χ1v) is 12.3. The molecule has 0 bridgehead atoms. The number of hydrogen-bond acceptors (Lipinski definition) is 5. The Kier molecular flexibility index (Phi) is 8.30. The summed E-state index contributed by atoms with van der Waals surface area (Å²) in [5.74, 6) is -3.06. The number of Topliss-reactive ketones (excluding diaryl/α,β-unsaturated/α-hetero) is 1. The molecule has 2 aromatic rings. The quantitative estimate of drug-likeness (QED) is 0.542. The van der Waals surface area contributed by atoms with Gasteiger partial charge in [-0.05, 0) is 37.1 Å². The zero-order valence-corrected chi connectivity index (χ0v) is 20.3. The van der Waals surface area contributed by atoms with Crippen LogP contribution in [0.2, 0.25) is 0 Å². The maximum atomic E-state index is 14.4. The molecule has 4 rings (SSSR count). The van der Waals surface area contributed by atoms with E-state index in [0.717, 1.165) is 12.1 Å². The SMILES string of the molecule is CCC(=O)c1cc(F)c(OCC2CN(C(=O)C3CCN(C(=O)c4ccccc4)CC3)CCO2)c(F)c1. The number of ketones is 1. The fourth-order valence-electron chi connectivity index (χ4n) is 4.61. The summed E-state index contributed by atoms with van der Waals surface area (Å²) in [7, 11) is 0. The first-order chi connectivity index (χ1) is 17.4. The number of piperidine rings is 1. The van der Waals surface area contributed by atoms with Crippen molar-refractivity contribution in [3.05, 3.63) is 65.2 Å². The summed E-state index contributed by atoms with van der Waals surface area (Å²) >= 11 is 0. The van der Waals surface area contributed by atoms with Crippen molar-refractivity contribution in [2.24, 2.45) is 5.92 Å². The molecule has 2 aliphatic heterocycles. The number of ether oxygens (including phenoxy) is 2. The Balaban J connectivity index is 1.29. The number of likely N-dealkylation sites (tertiary alicyclic amines) is 1. The molecule has 0 aromatic heterocycles. The molecule has 2 aromatic carbocycles. The second-order valence-corrected chi connectivity index (χ2v) is 9.07. The molecule has 36 heavy (non-hydrogen) atoms. The molecule has 7 nitrogen and oxygen atoms in total. The summed E-state index contributed by atoms with van der Waals surface area (Å²) in [6.45, 7) is 3.46. The van der Waals surface area contributed by atoms with Crippen LogP contribution in [0.5, 0.6) is 5.75 Å². The maximum absolute atomic E-state index is 14.4. The Bertz CT molecular complexity index is 1080. The highest BCUT2D eigenvalue weighted by molar-refractivity contribution is 5.96. The molecule has 0 N–H and O–H groups in total. The Morgan fingerprint density at radius 3 is 2.28 bits per heavy atom. The van der Waals surface area contributed by atoms with E-state index in [-0.39, 0.29) is 48.7 Å². The van der Waals surface area contributed by atoms with E-state index >= 15 is 0 Å². The highest BCUT2D eigenvalue weighted by Gasteiger charge is 2.33. The topological polar surface area (TPSA) is 76.2 Å². The molecule has 2 saturated heterocycles. The standard InChI is InChI=1S/C27H30F2N2O5/c1-2-24(32)20-14-22(28)25(23(29)15-20)36-17-21-16-31(12-13-35-21)27(34)19-8-10-30(11-9-19)26(33)18-6-4-3-5-7-18/h3-7,14-15,19,21H,2,8-13,16-17H2,1H3. The number of carbonyl (C=O) groups excluding carboxylic acids is 3. The number of halogens is 2. The average molecular weight is 501 g/mol. The van der Waals surface area contributed by atoms with Gasteiger partial charge in [-0.15, -0.1) is 0 Å². The van der Waals surface area contributed by atoms with Crippen LogP contribution < -0.4 is 4.74 Å². The van der Waals surface area contributed by atoms with E-state index in [2.05, 4.69) is 0 Å². The number of hydrogen-bond donors (Lipinski definition) is 0. The molecule has 1 atom stereocenters. The van der Waals surface area contributed by atoms with Crippen molar-refractivity contribution in [3.63, 3.8) is 0 Å². The van der Waals surface area contributed by atoms with E-state index in [9.17, 15) is 23.2 Å². The minimum Gasteiger partial charge on any atom is -0.485 e. The summed E-state index contributed by atoms with van der Waals surface area (Å²) < 4.78 is 39.7. The Morgan fingerprint density at radius 2 is 1.64 bits per heavy atom. The van der Waals surface area contributed by atoms with Gasteiger partial charge in [0.1, 0.15) is 12.7 Å². The molecule has 1 unspecified atom stereocenters. The third-order valence-electron chi connectivity index (χ3n) is 6.66. The molecule has 2 aliphatic rings. The predicted molar refractivity (Wildman–Crippen MR) is 128 cm³/mol. The maximum Gasteiger partial charge on any atom is 0.253 e. The van der Waals surface area contributed by atoms with E-state index in [1.165, 1.54) is 0 Å². The normalized spacial score (nSPS) is 18.7. The number of morpholine rings is 1. The van der Waals surface area contributed by atoms with E-state index in [1.54, 1.807) is 28.9 Å². The molecular formula is C27H30F2N2O5. The number of rotatable bonds is 7. The minimum atomic E-state index is -0.952. The van der Waals surface area contributed by atoms with Crippen LogP contribution in [0.25, 0.3) is 0 Å². The van der Waals surface area contributed by atoms with Crippen LogP contribution >= 0.6 is 0 Å². The highest BCUT2D eigenvalue weighted by Crippen LogP contribution is 2.26. The summed E-state index contributed by atoms with van der Waals surface area (Å²) in [4.78, 5) is 41.0. The zero-order chi connectivity index (χ0) is 25.7. The van der Waals surface area contributed by atoms with Gasteiger partial charge in [0, 0.05) is 43.1 Å². The van der Waals surface area contributed by atoms with Gasteiger partial charge < -0.3 is 19.3 Å². The first kappa shape index (κ1) is 25.8. The lowest BCUT2D eigenvalue weighted by Gasteiger charge is -2.37. The van der Waals surface area contributed by atoms with Crippen LogP contribution in [0.1, 0.15) is 46.9 Å². The monoisotopic (exact) mass is 500 g/mol. The van der Waals surface area contributed by atoms with Gasteiger partial charge in [0.25, 0.3) is 5.91 Å². The van der Waals surface area contributed by atoms with Crippen molar-refractivity contribution in [2.45, 2.75) is 32.3 Å². The molecule has 0 spiro atoms. The summed E-state index contributed by atoms with van der Waals surface area (Å²) in [6, 6.07) is 11.0. The van der Waals surface area contributed by atoms with Crippen LogP contribution in [0.15, 0.2) is 42.5 Å². The van der Waals surface area contributed by atoms with Gasteiger partial charge in [0.15, 0.2) is 23.2 Å². The van der Waals surface area contributed by atoms with Gasteiger partial charge in [-0.1, -0.05) is 25.1 Å². The summed E-state index contributed by atoms with van der Waals surface area (Å²) in [5, 5.41) is 0. The van der Waals surface area contributed by atoms with Crippen molar-refractivity contribution in [1.82, 2.24) is 9.80 Å². The van der Waals surface area contributed by atoms with Crippen LogP contribution in [-0.4, -0.2) is 72.9 Å². The molecule has 2 fully saturated rings. The fraction of sp³-hybridized carbons (Fsp3) is 0.444.